The van der Waals surface area contributed by atoms with Crippen LogP contribution in [0.5, 0.6) is 0 Å². The number of thioether (sulfide) groups is 1. The normalized spacial score (nSPS) is 15.6. The molecular weight excluding hydrogens is 314 g/mol. The minimum absolute atomic E-state index is 0.0289. The van der Waals surface area contributed by atoms with Crippen molar-refractivity contribution < 1.29 is 9.53 Å². The molecule has 116 valence electrons. The zero-order valence-corrected chi connectivity index (χ0v) is 13.9. The fourth-order valence-corrected chi connectivity index (χ4v) is 4.25. The van der Waals surface area contributed by atoms with Gasteiger partial charge >= 0.3 is 0 Å². The smallest absolute Gasteiger partial charge is 0.252 e. The number of hydrogen-bond acceptors (Lipinski definition) is 4. The molecule has 0 unspecified atom stereocenters. The van der Waals surface area contributed by atoms with E-state index in [1.54, 1.807) is 23.1 Å². The van der Waals surface area contributed by atoms with Crippen LogP contribution in [0.2, 0.25) is 0 Å². The number of carbonyl (C=O) groups is 1. The van der Waals surface area contributed by atoms with Crippen LogP contribution in [0.1, 0.15) is 28.1 Å². The molecular formula is C17H19NO2S2. The minimum Gasteiger partial charge on any atom is -0.381 e. The number of carbonyl (C=O) groups excluding carboxylic acids is 1. The summed E-state index contributed by atoms with van der Waals surface area (Å²) in [5.41, 5.74) is 0.774. The second-order valence-electron chi connectivity index (χ2n) is 5.22. The molecule has 2 aromatic rings. The van der Waals surface area contributed by atoms with Gasteiger partial charge in [-0.15, -0.1) is 23.1 Å². The van der Waals surface area contributed by atoms with E-state index in [4.69, 9.17) is 4.74 Å². The zero-order chi connectivity index (χ0) is 15.2. The van der Waals surface area contributed by atoms with Crippen LogP contribution in [-0.2, 0) is 10.5 Å². The molecule has 1 amide bonds. The maximum Gasteiger partial charge on any atom is 0.252 e. The van der Waals surface area contributed by atoms with Gasteiger partial charge in [0.25, 0.3) is 5.91 Å². The molecule has 1 aromatic carbocycles. The van der Waals surface area contributed by atoms with E-state index in [2.05, 4.69) is 22.8 Å². The standard InChI is InChI=1S/C17H19NO2S2/c19-17(18-13-7-9-20-10-8-13)15-5-1-2-6-16(15)22-12-14-4-3-11-21-14/h1-6,11,13H,7-10,12H2,(H,18,19). The van der Waals surface area contributed by atoms with Gasteiger partial charge in [-0.05, 0) is 36.4 Å². The quantitative estimate of drug-likeness (QED) is 0.842. The molecule has 0 saturated carbocycles. The molecule has 1 N–H and O–H groups in total. The number of benzene rings is 1. The largest absolute Gasteiger partial charge is 0.381 e. The van der Waals surface area contributed by atoms with Crippen molar-refractivity contribution in [2.24, 2.45) is 0 Å². The third-order valence-corrected chi connectivity index (χ3v) is 5.82. The van der Waals surface area contributed by atoms with Gasteiger partial charge in [0, 0.05) is 34.8 Å². The van der Waals surface area contributed by atoms with Gasteiger partial charge in [-0.3, -0.25) is 4.79 Å². The monoisotopic (exact) mass is 333 g/mol. The summed E-state index contributed by atoms with van der Waals surface area (Å²) in [6.07, 6.45) is 1.80. The molecule has 5 heteroatoms. The van der Waals surface area contributed by atoms with Gasteiger partial charge in [0.05, 0.1) is 5.56 Å². The molecule has 1 aromatic heterocycles. The molecule has 0 bridgehead atoms. The van der Waals surface area contributed by atoms with Gasteiger partial charge in [-0.2, -0.15) is 0 Å². The van der Waals surface area contributed by atoms with Crippen molar-refractivity contribution in [2.45, 2.75) is 29.5 Å². The fraction of sp³-hybridized carbons (Fsp3) is 0.353. The van der Waals surface area contributed by atoms with E-state index in [-0.39, 0.29) is 11.9 Å². The third kappa shape index (κ3) is 4.12. The Labute approximate surface area is 139 Å². The highest BCUT2D eigenvalue weighted by Crippen LogP contribution is 2.28. The molecule has 0 radical (unpaired) electrons. The van der Waals surface area contributed by atoms with Crippen LogP contribution in [-0.4, -0.2) is 25.2 Å². The van der Waals surface area contributed by atoms with Crippen LogP contribution in [0, 0.1) is 0 Å². The Morgan fingerprint density at radius 2 is 2.05 bits per heavy atom. The average molecular weight is 333 g/mol. The second-order valence-corrected chi connectivity index (χ2v) is 7.27. The molecule has 0 atom stereocenters. The van der Waals surface area contributed by atoms with Gasteiger partial charge in [-0.1, -0.05) is 18.2 Å². The average Bonchev–Trinajstić information content (AvgIpc) is 3.07. The lowest BCUT2D eigenvalue weighted by molar-refractivity contribution is 0.0695. The summed E-state index contributed by atoms with van der Waals surface area (Å²) in [6.45, 7) is 1.47. The number of hydrogen-bond donors (Lipinski definition) is 1. The Hall–Kier alpha value is -1.30. The Kier molecular flexibility index (Phi) is 5.53. The Balaban J connectivity index is 1.65. The Bertz CT molecular complexity index is 607. The molecule has 0 aliphatic carbocycles. The summed E-state index contributed by atoms with van der Waals surface area (Å²) in [5.74, 6) is 0.931. The predicted molar refractivity (Wildman–Crippen MR) is 91.6 cm³/mol. The molecule has 1 aliphatic rings. The van der Waals surface area contributed by atoms with E-state index in [9.17, 15) is 4.79 Å². The molecule has 1 saturated heterocycles. The van der Waals surface area contributed by atoms with E-state index in [1.165, 1.54) is 4.88 Å². The summed E-state index contributed by atoms with van der Waals surface area (Å²) in [6, 6.07) is 12.3. The first kappa shape index (κ1) is 15.6. The van der Waals surface area contributed by atoms with E-state index in [0.29, 0.717) is 0 Å². The maximum absolute atomic E-state index is 12.5. The van der Waals surface area contributed by atoms with Crippen molar-refractivity contribution in [2.75, 3.05) is 13.2 Å². The highest BCUT2D eigenvalue weighted by Gasteiger charge is 2.18. The number of rotatable bonds is 5. The maximum atomic E-state index is 12.5. The lowest BCUT2D eigenvalue weighted by Gasteiger charge is -2.23. The SMILES string of the molecule is O=C(NC1CCOCC1)c1ccccc1SCc1cccs1. The first-order chi connectivity index (χ1) is 10.8. The highest BCUT2D eigenvalue weighted by atomic mass is 32.2. The zero-order valence-electron chi connectivity index (χ0n) is 12.3. The van der Waals surface area contributed by atoms with E-state index in [1.807, 2.05) is 24.3 Å². The van der Waals surface area contributed by atoms with Gasteiger partial charge < -0.3 is 10.1 Å². The van der Waals surface area contributed by atoms with Crippen molar-refractivity contribution in [1.29, 1.82) is 0 Å². The highest BCUT2D eigenvalue weighted by molar-refractivity contribution is 7.98. The van der Waals surface area contributed by atoms with Crippen LogP contribution < -0.4 is 5.32 Å². The number of amides is 1. The van der Waals surface area contributed by atoms with Crippen molar-refractivity contribution in [1.82, 2.24) is 5.32 Å². The summed E-state index contributed by atoms with van der Waals surface area (Å²) in [7, 11) is 0. The van der Waals surface area contributed by atoms with Gasteiger partial charge in [0.15, 0.2) is 0 Å². The summed E-state index contributed by atoms with van der Waals surface area (Å²) in [5, 5.41) is 5.22. The van der Waals surface area contributed by atoms with Crippen molar-refractivity contribution in [3.63, 3.8) is 0 Å². The number of nitrogens with one attached hydrogen (secondary N) is 1. The predicted octanol–water partition coefficient (Wildman–Crippen LogP) is 3.95. The van der Waals surface area contributed by atoms with E-state index in [0.717, 1.165) is 42.3 Å². The Morgan fingerprint density at radius 3 is 2.82 bits per heavy atom. The minimum atomic E-state index is 0.0289. The number of thiophene rings is 1. The van der Waals surface area contributed by atoms with Crippen molar-refractivity contribution in [3.8, 4) is 0 Å². The molecule has 3 rings (SSSR count). The van der Waals surface area contributed by atoms with Crippen molar-refractivity contribution in [3.05, 3.63) is 52.2 Å². The van der Waals surface area contributed by atoms with Crippen LogP contribution in [0.3, 0.4) is 0 Å². The second kappa shape index (κ2) is 7.81. The lowest BCUT2D eigenvalue weighted by Crippen LogP contribution is -2.39. The van der Waals surface area contributed by atoms with Crippen LogP contribution in [0.4, 0.5) is 0 Å². The summed E-state index contributed by atoms with van der Waals surface area (Å²) in [4.78, 5) is 14.9. The fourth-order valence-electron chi connectivity index (χ4n) is 2.43. The van der Waals surface area contributed by atoms with Crippen molar-refractivity contribution >= 4 is 29.0 Å². The molecule has 0 spiro atoms. The molecule has 3 nitrogen and oxygen atoms in total. The molecule has 22 heavy (non-hydrogen) atoms. The first-order valence-corrected chi connectivity index (χ1v) is 9.32. The van der Waals surface area contributed by atoms with Gasteiger partial charge in [0.1, 0.15) is 0 Å². The summed E-state index contributed by atoms with van der Waals surface area (Å²) >= 11 is 3.47. The van der Waals surface area contributed by atoms with E-state index >= 15 is 0 Å². The lowest BCUT2D eigenvalue weighted by atomic mass is 10.1. The first-order valence-electron chi connectivity index (χ1n) is 7.46. The Morgan fingerprint density at radius 1 is 1.23 bits per heavy atom. The molecule has 1 aliphatic heterocycles. The summed E-state index contributed by atoms with van der Waals surface area (Å²) < 4.78 is 5.34. The topological polar surface area (TPSA) is 38.3 Å². The molecule has 2 heterocycles. The molecule has 1 fully saturated rings. The van der Waals surface area contributed by atoms with Gasteiger partial charge in [0.2, 0.25) is 0 Å². The van der Waals surface area contributed by atoms with Crippen LogP contribution >= 0.6 is 23.1 Å². The van der Waals surface area contributed by atoms with Crippen LogP contribution in [0.25, 0.3) is 0 Å². The van der Waals surface area contributed by atoms with Gasteiger partial charge in [-0.25, -0.2) is 0 Å². The van der Waals surface area contributed by atoms with Crippen LogP contribution in [0.15, 0.2) is 46.7 Å². The third-order valence-electron chi connectivity index (χ3n) is 3.64. The number of ether oxygens (including phenoxy) is 1. The van der Waals surface area contributed by atoms with E-state index < -0.39 is 0 Å².